The topological polar surface area (TPSA) is 127 Å². The van der Waals surface area contributed by atoms with Crippen molar-refractivity contribution in [3.05, 3.63) is 45.0 Å². The minimum Gasteiger partial charge on any atom is -0.463 e. The first-order chi connectivity index (χ1) is 14.8. The van der Waals surface area contributed by atoms with E-state index in [4.69, 9.17) is 8.83 Å². The van der Waals surface area contributed by atoms with E-state index in [-0.39, 0.29) is 28.9 Å². The number of aliphatic hydroxyl groups is 1. The van der Waals surface area contributed by atoms with Gasteiger partial charge < -0.3 is 19.3 Å². The van der Waals surface area contributed by atoms with Crippen LogP contribution in [0.1, 0.15) is 43.0 Å². The van der Waals surface area contributed by atoms with Crippen LogP contribution >= 0.6 is 0 Å². The van der Waals surface area contributed by atoms with Gasteiger partial charge in [0.25, 0.3) is 0 Å². The molecule has 1 fully saturated rings. The lowest BCUT2D eigenvalue weighted by Gasteiger charge is -2.18. The summed E-state index contributed by atoms with van der Waals surface area (Å²) in [6, 6.07) is 0.912. The van der Waals surface area contributed by atoms with Crippen molar-refractivity contribution in [3.63, 3.8) is 0 Å². The summed E-state index contributed by atoms with van der Waals surface area (Å²) in [5, 5.41) is 14.0. The first-order valence-electron chi connectivity index (χ1n) is 10.4. The van der Waals surface area contributed by atoms with Crippen LogP contribution in [-0.2, 0) is 26.5 Å². The van der Waals surface area contributed by atoms with E-state index in [0.29, 0.717) is 22.1 Å². The van der Waals surface area contributed by atoms with Crippen LogP contribution in [-0.4, -0.2) is 43.1 Å². The lowest BCUT2D eigenvalue weighted by Crippen LogP contribution is -2.43. The Kier molecular flexibility index (Phi) is 5.25. The van der Waals surface area contributed by atoms with E-state index in [1.54, 1.807) is 19.3 Å². The van der Waals surface area contributed by atoms with E-state index in [1.165, 1.54) is 0 Å². The predicted molar refractivity (Wildman–Crippen MR) is 121 cm³/mol. The van der Waals surface area contributed by atoms with Gasteiger partial charge >= 0.3 is 5.63 Å². The van der Waals surface area contributed by atoms with Gasteiger partial charge in [0.1, 0.15) is 11.2 Å². The fourth-order valence-corrected chi connectivity index (χ4v) is 6.17. The third-order valence-electron chi connectivity index (χ3n) is 6.10. The number of nitrogens with one attached hydrogen (secondary N) is 1. The van der Waals surface area contributed by atoms with Crippen molar-refractivity contribution in [1.82, 2.24) is 5.32 Å². The number of hydrogen-bond acceptors (Lipinski definition) is 7. The molecule has 1 aliphatic heterocycles. The molecule has 3 aromatic rings. The fourth-order valence-electron chi connectivity index (χ4n) is 4.43. The van der Waals surface area contributed by atoms with E-state index < -0.39 is 33.5 Å². The minimum absolute atomic E-state index is 0.154. The molecular formula is C23H27NO7S. The molecule has 32 heavy (non-hydrogen) atoms. The van der Waals surface area contributed by atoms with Crippen LogP contribution in [0.5, 0.6) is 0 Å². The maximum atomic E-state index is 12.7. The number of furan rings is 1. The van der Waals surface area contributed by atoms with Gasteiger partial charge in [-0.05, 0) is 36.5 Å². The second-order valence-electron chi connectivity index (χ2n) is 9.66. The van der Waals surface area contributed by atoms with Crippen molar-refractivity contribution in [3.8, 4) is 0 Å². The number of aliphatic hydroxyl groups excluding tert-OH is 1. The average molecular weight is 462 g/mol. The number of carbonyl (C=O) groups excluding carboxylic acids is 1. The van der Waals surface area contributed by atoms with Crippen molar-refractivity contribution in [2.45, 2.75) is 58.6 Å². The Labute approximate surface area is 185 Å². The second-order valence-corrected chi connectivity index (χ2v) is 11.8. The van der Waals surface area contributed by atoms with E-state index in [2.05, 4.69) is 26.1 Å². The zero-order valence-electron chi connectivity index (χ0n) is 18.7. The molecular weight excluding hydrogens is 434 g/mol. The lowest BCUT2D eigenvalue weighted by atomic mass is 9.85. The van der Waals surface area contributed by atoms with Crippen molar-refractivity contribution < 1.29 is 27.2 Å². The van der Waals surface area contributed by atoms with Crippen LogP contribution < -0.4 is 10.9 Å². The molecule has 1 aromatic carbocycles. The Hall–Kier alpha value is -2.65. The quantitative estimate of drug-likeness (QED) is 0.573. The summed E-state index contributed by atoms with van der Waals surface area (Å²) in [5.74, 6) is -1.27. The summed E-state index contributed by atoms with van der Waals surface area (Å²) in [6.45, 7) is 9.94. The van der Waals surface area contributed by atoms with Gasteiger partial charge in [0.05, 0.1) is 47.3 Å². The van der Waals surface area contributed by atoms with Gasteiger partial charge in [0, 0.05) is 10.9 Å². The first-order valence-corrected chi connectivity index (χ1v) is 12.3. The van der Waals surface area contributed by atoms with Gasteiger partial charge in [0.15, 0.2) is 9.84 Å². The second kappa shape index (κ2) is 7.45. The molecule has 2 atom stereocenters. The predicted octanol–water partition coefficient (Wildman–Crippen LogP) is 2.27. The van der Waals surface area contributed by atoms with E-state index >= 15 is 0 Å². The average Bonchev–Trinajstić information content (AvgIpc) is 3.19. The van der Waals surface area contributed by atoms with Crippen LogP contribution in [0.15, 0.2) is 26.0 Å². The van der Waals surface area contributed by atoms with Crippen LogP contribution in [0.25, 0.3) is 21.9 Å². The zero-order valence-corrected chi connectivity index (χ0v) is 19.6. The van der Waals surface area contributed by atoms with Gasteiger partial charge in [-0.1, -0.05) is 20.8 Å². The maximum absolute atomic E-state index is 12.7. The largest absolute Gasteiger partial charge is 0.463 e. The molecule has 9 heteroatoms. The van der Waals surface area contributed by atoms with Crippen LogP contribution in [0.2, 0.25) is 0 Å². The highest BCUT2D eigenvalue weighted by Crippen LogP contribution is 2.38. The highest BCUT2D eigenvalue weighted by molar-refractivity contribution is 7.91. The standard InChI is InChI=1S/C23H27NO7S/c1-11-6-17-20(21-19(11)14(8-30-21)23(3,4)5)12(2)13(22(27)31-17)7-18(26)24-15-9-32(28,29)10-16(15)25/h6,8,15-16,25H,7,9-10H2,1-5H3,(H,24,26). The van der Waals surface area contributed by atoms with Crippen LogP contribution in [0, 0.1) is 13.8 Å². The van der Waals surface area contributed by atoms with Gasteiger partial charge in [-0.2, -0.15) is 0 Å². The lowest BCUT2D eigenvalue weighted by molar-refractivity contribution is -0.121. The number of carbonyl (C=O) groups is 1. The third kappa shape index (κ3) is 3.84. The Morgan fingerprint density at radius 1 is 1.22 bits per heavy atom. The number of rotatable bonds is 3. The molecule has 1 amide bonds. The molecule has 8 nitrogen and oxygen atoms in total. The van der Waals surface area contributed by atoms with Gasteiger partial charge in [-0.15, -0.1) is 0 Å². The van der Waals surface area contributed by atoms with Gasteiger partial charge in [0.2, 0.25) is 5.91 Å². The summed E-state index contributed by atoms with van der Waals surface area (Å²) in [5.41, 5.74) is 2.90. The summed E-state index contributed by atoms with van der Waals surface area (Å²) < 4.78 is 34.8. The van der Waals surface area contributed by atoms with Crippen molar-refractivity contribution in [1.29, 1.82) is 0 Å². The SMILES string of the molecule is Cc1cc2oc(=O)c(CC(=O)NC3CS(=O)(=O)CC3O)c(C)c2c2occ(C(C)(C)C)c12. The van der Waals surface area contributed by atoms with Gasteiger partial charge in [-0.3, -0.25) is 4.79 Å². The number of benzene rings is 1. The summed E-state index contributed by atoms with van der Waals surface area (Å²) in [7, 11) is -3.40. The zero-order chi connectivity index (χ0) is 23.6. The molecule has 2 unspecified atom stereocenters. The number of fused-ring (bicyclic) bond motifs is 3. The van der Waals surface area contributed by atoms with E-state index in [1.807, 2.05) is 6.92 Å². The highest BCUT2D eigenvalue weighted by atomic mass is 32.2. The van der Waals surface area contributed by atoms with Gasteiger partial charge in [-0.25, -0.2) is 13.2 Å². The number of sulfone groups is 1. The Morgan fingerprint density at radius 3 is 2.50 bits per heavy atom. The van der Waals surface area contributed by atoms with Crippen LogP contribution in [0.3, 0.4) is 0 Å². The van der Waals surface area contributed by atoms with Crippen molar-refractivity contribution in [2.75, 3.05) is 11.5 Å². The molecule has 0 radical (unpaired) electrons. The fraction of sp³-hybridized carbons (Fsp3) is 0.478. The number of hydrogen-bond donors (Lipinski definition) is 2. The molecule has 2 aromatic heterocycles. The minimum atomic E-state index is -3.40. The molecule has 0 saturated carbocycles. The Morgan fingerprint density at radius 2 is 1.91 bits per heavy atom. The van der Waals surface area contributed by atoms with Crippen LogP contribution in [0.4, 0.5) is 0 Å². The summed E-state index contributed by atoms with van der Waals surface area (Å²) in [6.07, 6.45) is 0.255. The molecule has 1 aliphatic rings. The van der Waals surface area contributed by atoms with Crippen molar-refractivity contribution in [2.24, 2.45) is 0 Å². The smallest absolute Gasteiger partial charge is 0.340 e. The highest BCUT2D eigenvalue weighted by Gasteiger charge is 2.37. The molecule has 0 bridgehead atoms. The molecule has 4 rings (SSSR count). The molecule has 172 valence electrons. The van der Waals surface area contributed by atoms with E-state index in [0.717, 1.165) is 16.5 Å². The summed E-state index contributed by atoms with van der Waals surface area (Å²) in [4.78, 5) is 25.3. The Balaban J connectivity index is 1.77. The third-order valence-corrected chi connectivity index (χ3v) is 7.81. The monoisotopic (exact) mass is 461 g/mol. The molecule has 0 aliphatic carbocycles. The maximum Gasteiger partial charge on any atom is 0.340 e. The molecule has 3 heterocycles. The normalized spacial score (nSPS) is 20.8. The first kappa shape index (κ1) is 22.5. The molecule has 0 spiro atoms. The number of aryl methyl sites for hydroxylation is 2. The van der Waals surface area contributed by atoms with E-state index in [9.17, 15) is 23.1 Å². The summed E-state index contributed by atoms with van der Waals surface area (Å²) >= 11 is 0. The molecule has 1 saturated heterocycles. The number of amides is 1. The Bertz CT molecular complexity index is 1410. The molecule has 2 N–H and O–H groups in total. The van der Waals surface area contributed by atoms with Crippen molar-refractivity contribution >= 4 is 37.7 Å².